The molecule has 1 aromatic carbocycles. The van der Waals surface area contributed by atoms with E-state index in [9.17, 15) is 31.5 Å². The topological polar surface area (TPSA) is 52.6 Å². The third-order valence-electron chi connectivity index (χ3n) is 5.62. The zero-order valence-electron chi connectivity index (χ0n) is 18.8. The van der Waals surface area contributed by atoms with Gasteiger partial charge in [-0.1, -0.05) is 59.3 Å². The van der Waals surface area contributed by atoms with Crippen LogP contribution >= 0.6 is 0 Å². The normalized spacial score (nSPS) is 11.5. The molecular weight excluding hydrogens is 435 g/mol. The minimum atomic E-state index is -2.31. The highest BCUT2D eigenvalue weighted by Crippen LogP contribution is 2.31. The first kappa shape index (κ1) is 27.8. The van der Waals surface area contributed by atoms with Crippen LogP contribution in [0.25, 0.3) is 0 Å². The predicted octanol–water partition coefficient (Wildman–Crippen LogP) is 6.53. The second-order valence-electron chi connectivity index (χ2n) is 7.67. The summed E-state index contributed by atoms with van der Waals surface area (Å²) in [5, 5.41) is 0. The molecule has 0 fully saturated rings. The monoisotopic (exact) mass is 466 g/mol. The Morgan fingerprint density at radius 1 is 0.656 bits per heavy atom. The molecule has 0 aliphatic carbocycles. The van der Waals surface area contributed by atoms with Crippen LogP contribution < -0.4 is 0 Å². The smallest absolute Gasteiger partial charge is 0.323 e. The predicted molar refractivity (Wildman–Crippen MR) is 108 cm³/mol. The summed E-state index contributed by atoms with van der Waals surface area (Å²) in [6.45, 7) is 4.11. The molecule has 0 N–H and O–H groups in total. The Labute approximate surface area is 185 Å². The molecule has 0 saturated heterocycles. The Morgan fingerprint density at radius 3 is 1.59 bits per heavy atom. The molecule has 1 aromatic rings. The summed E-state index contributed by atoms with van der Waals surface area (Å²) < 4.78 is 77.5. The fourth-order valence-electron chi connectivity index (χ4n) is 3.33. The number of halogens is 5. The van der Waals surface area contributed by atoms with E-state index in [0.717, 1.165) is 32.1 Å². The van der Waals surface area contributed by atoms with E-state index in [1.807, 2.05) is 0 Å². The highest BCUT2D eigenvalue weighted by Gasteiger charge is 2.46. The Morgan fingerprint density at radius 2 is 1.09 bits per heavy atom. The summed E-state index contributed by atoms with van der Waals surface area (Å²) in [6, 6.07) is 0. The molecule has 182 valence electrons. The fourth-order valence-corrected chi connectivity index (χ4v) is 3.33. The van der Waals surface area contributed by atoms with Gasteiger partial charge in [0.15, 0.2) is 28.7 Å². The molecule has 32 heavy (non-hydrogen) atoms. The molecule has 0 saturated carbocycles. The van der Waals surface area contributed by atoms with Crippen molar-refractivity contribution in [1.29, 1.82) is 0 Å². The molecule has 0 atom stereocenters. The quantitative estimate of drug-likeness (QED) is 0.0782. The number of carbonyl (C=O) groups is 2. The average Bonchev–Trinajstić information content (AvgIpc) is 2.79. The van der Waals surface area contributed by atoms with E-state index < -0.39 is 58.6 Å². The first-order valence-electron chi connectivity index (χ1n) is 11.0. The van der Waals surface area contributed by atoms with Crippen molar-refractivity contribution in [3.63, 3.8) is 0 Å². The molecule has 1 rings (SSSR count). The molecular formula is C23H31F5O4. The van der Waals surface area contributed by atoms with Gasteiger partial charge in [0.05, 0.1) is 12.2 Å². The van der Waals surface area contributed by atoms with Gasteiger partial charge in [0.1, 0.15) is 6.61 Å². The first-order valence-corrected chi connectivity index (χ1v) is 11.0. The number of rotatable bonds is 14. The molecule has 4 nitrogen and oxygen atoms in total. The van der Waals surface area contributed by atoms with Crippen molar-refractivity contribution in [3.05, 3.63) is 34.6 Å². The molecule has 0 aliphatic rings. The van der Waals surface area contributed by atoms with E-state index in [1.165, 1.54) is 20.3 Å². The van der Waals surface area contributed by atoms with E-state index in [1.54, 1.807) is 0 Å². The van der Waals surface area contributed by atoms with E-state index in [4.69, 9.17) is 9.47 Å². The van der Waals surface area contributed by atoms with Gasteiger partial charge in [0, 0.05) is 0 Å². The van der Waals surface area contributed by atoms with Gasteiger partial charge in [0.25, 0.3) is 0 Å². The summed E-state index contributed by atoms with van der Waals surface area (Å²) in [7, 11) is 0. The molecule has 0 radical (unpaired) electrons. The van der Waals surface area contributed by atoms with Crippen molar-refractivity contribution >= 4 is 11.9 Å². The lowest BCUT2D eigenvalue weighted by atomic mass is 9.82. The van der Waals surface area contributed by atoms with Crippen LogP contribution in [0.15, 0.2) is 0 Å². The van der Waals surface area contributed by atoms with Crippen LogP contribution in [0.3, 0.4) is 0 Å². The molecule has 9 heteroatoms. The van der Waals surface area contributed by atoms with Crippen molar-refractivity contribution in [1.82, 2.24) is 0 Å². The number of unbranched alkanes of at least 4 members (excludes halogenated alkanes) is 6. The molecule has 0 aromatic heterocycles. The summed E-state index contributed by atoms with van der Waals surface area (Å²) in [5.41, 5.74) is -3.02. The van der Waals surface area contributed by atoms with Gasteiger partial charge < -0.3 is 9.47 Å². The van der Waals surface area contributed by atoms with E-state index in [-0.39, 0.29) is 19.4 Å². The number of esters is 2. The average molecular weight is 466 g/mol. The summed E-state index contributed by atoms with van der Waals surface area (Å²) >= 11 is 0. The zero-order valence-corrected chi connectivity index (χ0v) is 18.8. The van der Waals surface area contributed by atoms with Crippen molar-refractivity contribution in [2.75, 3.05) is 6.61 Å². The standard InChI is InChI=1S/C23H31F5O4/c1-4-7-8-9-10-11-12-13-31-21(29)23(5-2,6-3)22(30)32-14-15-16(24)18(26)20(28)19(27)17(15)25/h4-14H2,1-3H3. The van der Waals surface area contributed by atoms with Gasteiger partial charge in [-0.2, -0.15) is 0 Å². The molecule has 0 aliphatic heterocycles. The molecule has 0 heterocycles. The minimum Gasteiger partial charge on any atom is -0.465 e. The summed E-state index contributed by atoms with van der Waals surface area (Å²) in [5.74, 6) is -12.7. The minimum absolute atomic E-state index is 0.0186. The van der Waals surface area contributed by atoms with Crippen LogP contribution in [0.4, 0.5) is 22.0 Å². The second-order valence-corrected chi connectivity index (χ2v) is 7.67. The number of ether oxygens (including phenoxy) is 2. The first-order chi connectivity index (χ1) is 15.2. The number of hydrogen-bond acceptors (Lipinski definition) is 4. The van der Waals surface area contributed by atoms with Crippen molar-refractivity contribution in [2.45, 2.75) is 85.2 Å². The maximum atomic E-state index is 13.8. The third kappa shape index (κ3) is 6.65. The summed E-state index contributed by atoms with van der Waals surface area (Å²) in [4.78, 5) is 25.2. The lowest BCUT2D eigenvalue weighted by molar-refractivity contribution is -0.174. The maximum Gasteiger partial charge on any atom is 0.323 e. The van der Waals surface area contributed by atoms with Crippen LogP contribution in [0.5, 0.6) is 0 Å². The molecule has 0 amide bonds. The highest BCUT2D eigenvalue weighted by molar-refractivity contribution is 6.00. The van der Waals surface area contributed by atoms with Gasteiger partial charge >= 0.3 is 11.9 Å². The van der Waals surface area contributed by atoms with E-state index in [0.29, 0.717) is 6.42 Å². The van der Waals surface area contributed by atoms with Gasteiger partial charge in [-0.15, -0.1) is 0 Å². The molecule has 0 bridgehead atoms. The zero-order chi connectivity index (χ0) is 24.3. The van der Waals surface area contributed by atoms with Gasteiger partial charge in [0.2, 0.25) is 5.82 Å². The van der Waals surface area contributed by atoms with Gasteiger partial charge in [-0.25, -0.2) is 22.0 Å². The van der Waals surface area contributed by atoms with Gasteiger partial charge in [-0.05, 0) is 19.3 Å². The van der Waals surface area contributed by atoms with E-state index >= 15 is 0 Å². The fraction of sp³-hybridized carbons (Fsp3) is 0.652. The van der Waals surface area contributed by atoms with Crippen molar-refractivity contribution in [3.8, 4) is 0 Å². The van der Waals surface area contributed by atoms with E-state index in [2.05, 4.69) is 6.92 Å². The number of benzene rings is 1. The van der Waals surface area contributed by atoms with Crippen molar-refractivity contribution in [2.24, 2.45) is 5.41 Å². The highest BCUT2D eigenvalue weighted by atomic mass is 19.2. The lowest BCUT2D eigenvalue weighted by Gasteiger charge is -2.27. The van der Waals surface area contributed by atoms with Crippen LogP contribution in [0.2, 0.25) is 0 Å². The van der Waals surface area contributed by atoms with Crippen LogP contribution in [0, 0.1) is 34.5 Å². The third-order valence-corrected chi connectivity index (χ3v) is 5.62. The SMILES string of the molecule is CCCCCCCCCOC(=O)C(CC)(CC)C(=O)OCc1c(F)c(F)c(F)c(F)c1F. The summed E-state index contributed by atoms with van der Waals surface area (Å²) in [6.07, 6.45) is 7.04. The Kier molecular flexibility index (Phi) is 11.6. The number of carbonyl (C=O) groups excluding carboxylic acids is 2. The maximum absolute atomic E-state index is 13.8. The Bertz CT molecular complexity index is 749. The van der Waals surface area contributed by atoms with Crippen LogP contribution in [-0.4, -0.2) is 18.5 Å². The van der Waals surface area contributed by atoms with Crippen LogP contribution in [-0.2, 0) is 25.7 Å². The Hall–Kier alpha value is -2.19. The van der Waals surface area contributed by atoms with Crippen molar-refractivity contribution < 1.29 is 41.0 Å². The Balaban J connectivity index is 2.74. The molecule has 0 spiro atoms. The van der Waals surface area contributed by atoms with Gasteiger partial charge in [-0.3, -0.25) is 9.59 Å². The van der Waals surface area contributed by atoms with Crippen LogP contribution in [0.1, 0.15) is 84.1 Å². The largest absolute Gasteiger partial charge is 0.465 e. The molecule has 0 unspecified atom stereocenters. The lowest BCUT2D eigenvalue weighted by Crippen LogP contribution is -2.41. The number of hydrogen-bond donors (Lipinski definition) is 0. The second kappa shape index (κ2) is 13.4.